The Bertz CT molecular complexity index is 755. The summed E-state index contributed by atoms with van der Waals surface area (Å²) in [5.41, 5.74) is 1.99. The number of hydrogen-bond acceptors (Lipinski definition) is 4. The summed E-state index contributed by atoms with van der Waals surface area (Å²) in [6.07, 6.45) is 2.49. The number of carbonyl (C=O) groups excluding carboxylic acids is 1. The number of pyridine rings is 1. The molecule has 2 rings (SSSR count). The van der Waals surface area contributed by atoms with Crippen LogP contribution >= 0.6 is 24.0 Å². The van der Waals surface area contributed by atoms with Gasteiger partial charge in [0.1, 0.15) is 5.75 Å². The number of guanidine groups is 1. The molecule has 1 aromatic heterocycles. The quantitative estimate of drug-likeness (QED) is 0.332. The molecule has 2 aromatic rings. The van der Waals surface area contributed by atoms with Crippen molar-refractivity contribution in [3.63, 3.8) is 0 Å². The lowest BCUT2D eigenvalue weighted by Gasteiger charge is -2.18. The van der Waals surface area contributed by atoms with Crippen LogP contribution in [0.4, 0.5) is 0 Å². The van der Waals surface area contributed by atoms with Gasteiger partial charge < -0.3 is 20.3 Å². The number of aliphatic imine (C=N–C) groups is 1. The number of halogens is 1. The summed E-state index contributed by atoms with van der Waals surface area (Å²) in [7, 11) is 5.11. The number of nitrogens with zero attached hydrogens (tertiary/aromatic N) is 3. The first-order valence-electron chi connectivity index (χ1n) is 8.84. The van der Waals surface area contributed by atoms with Crippen molar-refractivity contribution in [1.82, 2.24) is 20.5 Å². The predicted octanol–water partition coefficient (Wildman–Crippen LogP) is 2.07. The lowest BCUT2D eigenvalue weighted by Crippen LogP contribution is -2.43. The molecule has 7 nitrogen and oxygen atoms in total. The largest absolute Gasteiger partial charge is 0.496 e. The van der Waals surface area contributed by atoms with Gasteiger partial charge in [-0.05, 0) is 18.2 Å². The van der Waals surface area contributed by atoms with E-state index in [0.29, 0.717) is 19.0 Å². The van der Waals surface area contributed by atoms with Gasteiger partial charge in [-0.2, -0.15) is 0 Å². The molecule has 0 unspecified atom stereocenters. The number of ether oxygens (including phenoxy) is 1. The van der Waals surface area contributed by atoms with Crippen molar-refractivity contribution in [1.29, 1.82) is 0 Å². The number of carbonyl (C=O) groups is 1. The highest BCUT2D eigenvalue weighted by molar-refractivity contribution is 14.0. The van der Waals surface area contributed by atoms with Gasteiger partial charge in [0.2, 0.25) is 5.91 Å². The normalized spacial score (nSPS) is 10.6. The first kappa shape index (κ1) is 23.7. The molecule has 1 amide bonds. The second-order valence-corrected chi connectivity index (χ2v) is 5.98. The lowest BCUT2D eigenvalue weighted by molar-refractivity contribution is -0.128. The van der Waals surface area contributed by atoms with E-state index in [-0.39, 0.29) is 36.4 Å². The topological polar surface area (TPSA) is 78.9 Å². The Morgan fingerprint density at radius 1 is 1.18 bits per heavy atom. The highest BCUT2D eigenvalue weighted by atomic mass is 127. The zero-order chi connectivity index (χ0) is 19.5. The summed E-state index contributed by atoms with van der Waals surface area (Å²) in [6.45, 7) is 1.34. The molecule has 0 aliphatic heterocycles. The Balaban J connectivity index is 0.00000392. The number of nitrogens with one attached hydrogen (secondary N) is 2. The van der Waals surface area contributed by atoms with Crippen molar-refractivity contribution in [2.75, 3.05) is 34.3 Å². The molecule has 1 heterocycles. The van der Waals surface area contributed by atoms with Gasteiger partial charge in [-0.3, -0.25) is 14.8 Å². The molecular weight excluding hydrogens is 469 g/mol. The first-order valence-corrected chi connectivity index (χ1v) is 8.84. The smallest absolute Gasteiger partial charge is 0.241 e. The van der Waals surface area contributed by atoms with E-state index in [4.69, 9.17) is 4.74 Å². The SMILES string of the molecule is CN=C(NCC(=O)N(C)CCc1ccccn1)NCc1ccccc1OC.I. The molecule has 0 radical (unpaired) electrons. The highest BCUT2D eigenvalue weighted by Crippen LogP contribution is 2.16. The average molecular weight is 497 g/mol. The molecule has 152 valence electrons. The van der Waals surface area contributed by atoms with Crippen LogP contribution in [0.5, 0.6) is 5.75 Å². The molecule has 0 spiro atoms. The molecule has 0 bridgehead atoms. The maximum atomic E-state index is 12.3. The third-order valence-corrected chi connectivity index (χ3v) is 4.12. The van der Waals surface area contributed by atoms with Crippen molar-refractivity contribution in [3.8, 4) is 5.75 Å². The molecule has 0 aliphatic carbocycles. The molecule has 0 saturated heterocycles. The van der Waals surface area contributed by atoms with Crippen LogP contribution in [0.15, 0.2) is 53.7 Å². The van der Waals surface area contributed by atoms with Crippen LogP contribution in [0.3, 0.4) is 0 Å². The van der Waals surface area contributed by atoms with E-state index in [9.17, 15) is 4.79 Å². The molecule has 0 atom stereocenters. The Hall–Kier alpha value is -2.36. The second-order valence-electron chi connectivity index (χ2n) is 5.98. The Kier molecular flexibility index (Phi) is 10.9. The standard InChI is InChI=1S/C20H27N5O2.HI/c1-21-20(23-14-16-8-4-5-10-18(16)27-3)24-15-19(26)25(2)13-11-17-9-6-7-12-22-17;/h4-10,12H,11,13-15H2,1-3H3,(H2,21,23,24);1H. The van der Waals surface area contributed by atoms with E-state index in [1.165, 1.54) is 0 Å². The molecule has 28 heavy (non-hydrogen) atoms. The summed E-state index contributed by atoms with van der Waals surface area (Å²) >= 11 is 0. The van der Waals surface area contributed by atoms with E-state index < -0.39 is 0 Å². The fourth-order valence-electron chi connectivity index (χ4n) is 2.50. The van der Waals surface area contributed by atoms with E-state index in [1.54, 1.807) is 32.3 Å². The monoisotopic (exact) mass is 497 g/mol. The minimum atomic E-state index is -0.00817. The molecule has 0 fully saturated rings. The number of hydrogen-bond donors (Lipinski definition) is 2. The van der Waals surface area contributed by atoms with Crippen molar-refractivity contribution >= 4 is 35.8 Å². The Labute approximate surface area is 183 Å². The molecule has 0 aliphatic rings. The molecule has 1 aromatic carbocycles. The van der Waals surface area contributed by atoms with Crippen LogP contribution in [0.25, 0.3) is 0 Å². The van der Waals surface area contributed by atoms with Crippen LogP contribution in [0.1, 0.15) is 11.3 Å². The van der Waals surface area contributed by atoms with Gasteiger partial charge in [-0.25, -0.2) is 0 Å². The van der Waals surface area contributed by atoms with Gasteiger partial charge in [-0.15, -0.1) is 24.0 Å². The maximum absolute atomic E-state index is 12.3. The van der Waals surface area contributed by atoms with Crippen LogP contribution in [0.2, 0.25) is 0 Å². The minimum Gasteiger partial charge on any atom is -0.496 e. The Morgan fingerprint density at radius 3 is 2.61 bits per heavy atom. The van der Waals surface area contributed by atoms with Gasteiger partial charge >= 0.3 is 0 Å². The molecule has 2 N–H and O–H groups in total. The van der Waals surface area contributed by atoms with E-state index in [2.05, 4.69) is 20.6 Å². The van der Waals surface area contributed by atoms with Crippen molar-refractivity contribution < 1.29 is 9.53 Å². The number of rotatable bonds is 8. The number of methoxy groups -OCH3 is 1. The fraction of sp³-hybridized carbons (Fsp3) is 0.350. The third-order valence-electron chi connectivity index (χ3n) is 4.12. The summed E-state index contributed by atoms with van der Waals surface area (Å²) in [5, 5.41) is 6.24. The zero-order valence-electron chi connectivity index (χ0n) is 16.5. The second kappa shape index (κ2) is 12.9. The average Bonchev–Trinajstić information content (AvgIpc) is 2.72. The summed E-state index contributed by atoms with van der Waals surface area (Å²) < 4.78 is 5.34. The van der Waals surface area contributed by atoms with Gasteiger partial charge in [-0.1, -0.05) is 24.3 Å². The van der Waals surface area contributed by atoms with Crippen molar-refractivity contribution in [2.24, 2.45) is 4.99 Å². The van der Waals surface area contributed by atoms with Crippen LogP contribution in [0, 0.1) is 0 Å². The highest BCUT2D eigenvalue weighted by Gasteiger charge is 2.10. The summed E-state index contributed by atoms with van der Waals surface area (Å²) in [6, 6.07) is 13.6. The lowest BCUT2D eigenvalue weighted by atomic mass is 10.2. The first-order chi connectivity index (χ1) is 13.1. The minimum absolute atomic E-state index is 0. The van der Waals surface area contributed by atoms with Crippen LogP contribution in [-0.4, -0.2) is 56.0 Å². The van der Waals surface area contributed by atoms with Crippen molar-refractivity contribution in [2.45, 2.75) is 13.0 Å². The third kappa shape index (κ3) is 7.71. The van der Waals surface area contributed by atoms with E-state index in [0.717, 1.165) is 23.4 Å². The fourth-order valence-corrected chi connectivity index (χ4v) is 2.50. The van der Waals surface area contributed by atoms with Crippen LogP contribution in [-0.2, 0) is 17.8 Å². The van der Waals surface area contributed by atoms with Gasteiger partial charge in [0.05, 0.1) is 13.7 Å². The maximum Gasteiger partial charge on any atom is 0.241 e. The number of amides is 1. The summed E-state index contributed by atoms with van der Waals surface area (Å²) in [4.78, 5) is 22.4. The van der Waals surface area contributed by atoms with E-state index >= 15 is 0 Å². The van der Waals surface area contributed by atoms with Gasteiger partial charge in [0.15, 0.2) is 5.96 Å². The van der Waals surface area contributed by atoms with Gasteiger partial charge in [0, 0.05) is 51.1 Å². The number of aromatic nitrogens is 1. The number of para-hydroxylation sites is 1. The van der Waals surface area contributed by atoms with Crippen molar-refractivity contribution in [3.05, 3.63) is 59.9 Å². The number of benzene rings is 1. The summed E-state index contributed by atoms with van der Waals surface area (Å²) in [5.74, 6) is 1.37. The Morgan fingerprint density at radius 2 is 1.93 bits per heavy atom. The van der Waals surface area contributed by atoms with Gasteiger partial charge in [0.25, 0.3) is 0 Å². The molecule has 0 saturated carbocycles. The van der Waals surface area contributed by atoms with E-state index in [1.807, 2.05) is 42.5 Å². The molecular formula is C20H28IN5O2. The zero-order valence-corrected chi connectivity index (χ0v) is 18.8. The molecule has 8 heteroatoms. The number of likely N-dealkylation sites (N-methyl/N-ethyl adjacent to an activating group) is 1. The van der Waals surface area contributed by atoms with Crippen LogP contribution < -0.4 is 15.4 Å². The predicted molar refractivity (Wildman–Crippen MR) is 122 cm³/mol.